The Hall–Kier alpha value is -3.32. The molecule has 0 aromatic heterocycles. The van der Waals surface area contributed by atoms with Gasteiger partial charge in [0.2, 0.25) is 0 Å². The summed E-state index contributed by atoms with van der Waals surface area (Å²) in [6.07, 6.45) is 0. The summed E-state index contributed by atoms with van der Waals surface area (Å²) in [6.45, 7) is 1.82. The molecule has 28 heavy (non-hydrogen) atoms. The number of hydrogen-bond donors (Lipinski definition) is 2. The smallest absolute Gasteiger partial charge is 0.261 e. The van der Waals surface area contributed by atoms with E-state index >= 15 is 0 Å². The number of para-hydroxylation sites is 1. The topological polar surface area (TPSA) is 84.5 Å². The van der Waals surface area contributed by atoms with Crippen molar-refractivity contribution in [3.63, 3.8) is 0 Å². The number of amides is 1. The first-order valence-corrected chi connectivity index (χ1v) is 10.0. The Morgan fingerprint density at radius 3 is 2.32 bits per heavy atom. The number of anilines is 2. The molecule has 0 aliphatic rings. The SMILES string of the molecule is COc1cccc(NC(=O)c2ccc(S(=O)(=O)Nc3ccccc3C)cc2)c1. The van der Waals surface area contributed by atoms with Crippen molar-refractivity contribution in [2.24, 2.45) is 0 Å². The van der Waals surface area contributed by atoms with Crippen LogP contribution in [0.2, 0.25) is 0 Å². The zero-order valence-corrected chi connectivity index (χ0v) is 16.3. The van der Waals surface area contributed by atoms with Crippen molar-refractivity contribution in [3.8, 4) is 5.75 Å². The Labute approximate surface area is 164 Å². The van der Waals surface area contributed by atoms with Gasteiger partial charge in [0.1, 0.15) is 5.75 Å². The zero-order chi connectivity index (χ0) is 20.1. The van der Waals surface area contributed by atoms with Crippen LogP contribution in [0, 0.1) is 6.92 Å². The zero-order valence-electron chi connectivity index (χ0n) is 15.5. The molecule has 3 aromatic rings. The fourth-order valence-corrected chi connectivity index (χ4v) is 3.71. The van der Waals surface area contributed by atoms with E-state index in [2.05, 4.69) is 10.0 Å². The highest BCUT2D eigenvalue weighted by molar-refractivity contribution is 7.92. The Balaban J connectivity index is 1.75. The number of ether oxygens (including phenoxy) is 1. The first-order chi connectivity index (χ1) is 13.4. The fourth-order valence-electron chi connectivity index (χ4n) is 2.58. The molecule has 0 aliphatic heterocycles. The van der Waals surface area contributed by atoms with Gasteiger partial charge >= 0.3 is 0 Å². The molecule has 0 aliphatic carbocycles. The third-order valence-corrected chi connectivity index (χ3v) is 5.53. The van der Waals surface area contributed by atoms with Crippen LogP contribution in [0.25, 0.3) is 0 Å². The lowest BCUT2D eigenvalue weighted by Crippen LogP contribution is -2.15. The van der Waals surface area contributed by atoms with E-state index in [1.54, 1.807) is 43.5 Å². The van der Waals surface area contributed by atoms with Crippen LogP contribution in [0.1, 0.15) is 15.9 Å². The van der Waals surface area contributed by atoms with Gasteiger partial charge in [-0.3, -0.25) is 9.52 Å². The molecule has 0 saturated heterocycles. The molecule has 0 bridgehead atoms. The molecule has 1 amide bonds. The quantitative estimate of drug-likeness (QED) is 0.658. The summed E-state index contributed by atoms with van der Waals surface area (Å²) in [5.74, 6) is 0.283. The molecule has 0 heterocycles. The summed E-state index contributed by atoms with van der Waals surface area (Å²) in [5.41, 5.74) is 2.27. The Bertz CT molecular complexity index is 1090. The molecule has 0 fully saturated rings. The third kappa shape index (κ3) is 4.50. The van der Waals surface area contributed by atoms with Crippen LogP contribution in [0.4, 0.5) is 11.4 Å². The Morgan fingerprint density at radius 1 is 0.929 bits per heavy atom. The number of carbonyl (C=O) groups is 1. The van der Waals surface area contributed by atoms with Gasteiger partial charge in [0.05, 0.1) is 17.7 Å². The van der Waals surface area contributed by atoms with Crippen molar-refractivity contribution >= 4 is 27.3 Å². The summed E-state index contributed by atoms with van der Waals surface area (Å²) < 4.78 is 32.8. The van der Waals surface area contributed by atoms with Crippen LogP contribution < -0.4 is 14.8 Å². The maximum Gasteiger partial charge on any atom is 0.261 e. The summed E-state index contributed by atoms with van der Waals surface area (Å²) in [7, 11) is -2.20. The highest BCUT2D eigenvalue weighted by Gasteiger charge is 2.16. The largest absolute Gasteiger partial charge is 0.497 e. The Kier molecular flexibility index (Phi) is 5.65. The predicted molar refractivity (Wildman–Crippen MR) is 109 cm³/mol. The van der Waals surface area contributed by atoms with Crippen LogP contribution in [-0.4, -0.2) is 21.4 Å². The van der Waals surface area contributed by atoms with Gasteiger partial charge in [-0.1, -0.05) is 24.3 Å². The van der Waals surface area contributed by atoms with Crippen molar-refractivity contribution in [2.45, 2.75) is 11.8 Å². The van der Waals surface area contributed by atoms with Crippen molar-refractivity contribution in [1.82, 2.24) is 0 Å². The van der Waals surface area contributed by atoms with E-state index in [1.165, 1.54) is 24.3 Å². The van der Waals surface area contributed by atoms with E-state index in [1.807, 2.05) is 19.1 Å². The van der Waals surface area contributed by atoms with E-state index in [9.17, 15) is 13.2 Å². The lowest BCUT2D eigenvalue weighted by atomic mass is 10.2. The summed E-state index contributed by atoms with van der Waals surface area (Å²) >= 11 is 0. The van der Waals surface area contributed by atoms with E-state index < -0.39 is 10.0 Å². The first-order valence-electron chi connectivity index (χ1n) is 8.53. The van der Waals surface area contributed by atoms with Crippen LogP contribution in [0.3, 0.4) is 0 Å². The van der Waals surface area contributed by atoms with Gasteiger partial charge in [0.15, 0.2) is 0 Å². The van der Waals surface area contributed by atoms with Crippen LogP contribution in [0.15, 0.2) is 77.7 Å². The molecule has 0 spiro atoms. The normalized spacial score (nSPS) is 10.9. The van der Waals surface area contributed by atoms with Gasteiger partial charge in [-0.2, -0.15) is 0 Å². The molecule has 0 atom stereocenters. The maximum atomic E-state index is 12.6. The second-order valence-corrected chi connectivity index (χ2v) is 7.81. The first kappa shape index (κ1) is 19.4. The van der Waals surface area contributed by atoms with Crippen LogP contribution in [0.5, 0.6) is 5.75 Å². The number of aryl methyl sites for hydroxylation is 1. The molecule has 3 aromatic carbocycles. The number of benzene rings is 3. The molecule has 0 radical (unpaired) electrons. The van der Waals surface area contributed by atoms with Crippen LogP contribution >= 0.6 is 0 Å². The summed E-state index contributed by atoms with van der Waals surface area (Å²) in [6, 6.07) is 19.9. The van der Waals surface area contributed by atoms with Gasteiger partial charge in [0.25, 0.3) is 15.9 Å². The van der Waals surface area contributed by atoms with Crippen molar-refractivity contribution in [3.05, 3.63) is 83.9 Å². The third-order valence-electron chi connectivity index (χ3n) is 4.14. The molecule has 0 unspecified atom stereocenters. The van der Waals surface area contributed by atoms with Gasteiger partial charge in [-0.25, -0.2) is 8.42 Å². The van der Waals surface area contributed by atoms with Crippen molar-refractivity contribution in [1.29, 1.82) is 0 Å². The molecule has 3 rings (SSSR count). The minimum Gasteiger partial charge on any atom is -0.497 e. The summed E-state index contributed by atoms with van der Waals surface area (Å²) in [4.78, 5) is 12.5. The maximum absolute atomic E-state index is 12.6. The van der Waals surface area contributed by atoms with E-state index in [4.69, 9.17) is 4.74 Å². The minimum atomic E-state index is -3.74. The number of methoxy groups -OCH3 is 1. The van der Waals surface area contributed by atoms with Crippen molar-refractivity contribution in [2.75, 3.05) is 17.1 Å². The molecular formula is C21H20N2O4S. The van der Waals surface area contributed by atoms with E-state index in [0.717, 1.165) is 5.56 Å². The van der Waals surface area contributed by atoms with Gasteiger partial charge in [0, 0.05) is 17.3 Å². The lowest BCUT2D eigenvalue weighted by Gasteiger charge is -2.11. The number of rotatable bonds is 6. The number of carbonyl (C=O) groups excluding carboxylic acids is 1. The molecule has 144 valence electrons. The number of nitrogens with one attached hydrogen (secondary N) is 2. The Morgan fingerprint density at radius 2 is 1.64 bits per heavy atom. The minimum absolute atomic E-state index is 0.0775. The predicted octanol–water partition coefficient (Wildman–Crippen LogP) is 4.06. The average molecular weight is 396 g/mol. The second kappa shape index (κ2) is 8.14. The lowest BCUT2D eigenvalue weighted by molar-refractivity contribution is 0.102. The van der Waals surface area contributed by atoms with Gasteiger partial charge < -0.3 is 10.1 Å². The number of sulfonamides is 1. The van der Waals surface area contributed by atoms with Gasteiger partial charge in [-0.05, 0) is 55.0 Å². The van der Waals surface area contributed by atoms with Crippen LogP contribution in [-0.2, 0) is 10.0 Å². The average Bonchev–Trinajstić information content (AvgIpc) is 2.70. The molecule has 7 heteroatoms. The highest BCUT2D eigenvalue weighted by atomic mass is 32.2. The van der Waals surface area contributed by atoms with Crippen molar-refractivity contribution < 1.29 is 17.9 Å². The van der Waals surface area contributed by atoms with E-state index in [0.29, 0.717) is 22.7 Å². The summed E-state index contributed by atoms with van der Waals surface area (Å²) in [5, 5.41) is 2.75. The standard InChI is InChI=1S/C21H20N2O4S/c1-15-6-3-4-9-20(15)23-28(25,26)19-12-10-16(11-13-19)21(24)22-17-7-5-8-18(14-17)27-2/h3-14,23H,1-2H3,(H,22,24). The van der Waals surface area contributed by atoms with E-state index in [-0.39, 0.29) is 10.8 Å². The fraction of sp³-hybridized carbons (Fsp3) is 0.0952. The molecule has 6 nitrogen and oxygen atoms in total. The van der Waals surface area contributed by atoms with Gasteiger partial charge in [-0.15, -0.1) is 0 Å². The highest BCUT2D eigenvalue weighted by Crippen LogP contribution is 2.21. The number of hydrogen-bond acceptors (Lipinski definition) is 4. The molecule has 0 saturated carbocycles. The molecular weight excluding hydrogens is 376 g/mol. The molecule has 2 N–H and O–H groups in total. The second-order valence-electron chi connectivity index (χ2n) is 6.13. The monoisotopic (exact) mass is 396 g/mol.